The first-order valence-corrected chi connectivity index (χ1v) is 11.4. The lowest BCUT2D eigenvalue weighted by molar-refractivity contribution is -0.137. The number of benzene rings is 2. The smallest absolute Gasteiger partial charge is 0.348 e. The zero-order chi connectivity index (χ0) is 22.6. The molecular weight excluding hydrogens is 431 g/mol. The highest BCUT2D eigenvalue weighted by Gasteiger charge is 2.30. The van der Waals surface area contributed by atoms with E-state index in [9.17, 15) is 26.4 Å². The van der Waals surface area contributed by atoms with Gasteiger partial charge in [0.2, 0.25) is 10.0 Å². The average Bonchev–Trinajstić information content (AvgIpc) is 2.72. The van der Waals surface area contributed by atoms with Crippen molar-refractivity contribution in [1.82, 2.24) is 14.5 Å². The molecule has 6 nitrogen and oxygen atoms in total. The van der Waals surface area contributed by atoms with E-state index >= 15 is 0 Å². The van der Waals surface area contributed by atoms with Crippen LogP contribution in [0.3, 0.4) is 0 Å². The van der Waals surface area contributed by atoms with Crippen molar-refractivity contribution in [2.75, 3.05) is 33.2 Å². The van der Waals surface area contributed by atoms with Gasteiger partial charge in [-0.05, 0) is 42.4 Å². The number of carbonyl (C=O) groups excluding carboxylic acids is 1. The molecule has 0 atom stereocenters. The average molecular weight is 456 g/mol. The fourth-order valence-electron chi connectivity index (χ4n) is 3.26. The van der Waals surface area contributed by atoms with E-state index in [0.717, 1.165) is 12.1 Å². The maximum Gasteiger partial charge on any atom is 0.416 e. The van der Waals surface area contributed by atoms with Crippen molar-refractivity contribution < 1.29 is 26.4 Å². The quantitative estimate of drug-likeness (QED) is 0.727. The van der Waals surface area contributed by atoms with Gasteiger partial charge in [-0.3, -0.25) is 4.79 Å². The maximum absolute atomic E-state index is 12.8. The number of piperazine rings is 1. The van der Waals surface area contributed by atoms with E-state index < -0.39 is 27.7 Å². The third-order valence-electron chi connectivity index (χ3n) is 5.13. The molecule has 1 amide bonds. The van der Waals surface area contributed by atoms with Crippen LogP contribution < -0.4 is 5.32 Å². The molecule has 168 valence electrons. The number of nitrogens with one attached hydrogen (secondary N) is 1. The van der Waals surface area contributed by atoms with Crippen LogP contribution in [-0.2, 0) is 28.5 Å². The number of hydrogen-bond donors (Lipinski definition) is 1. The van der Waals surface area contributed by atoms with Gasteiger partial charge in [0.05, 0.1) is 11.3 Å². The number of carbonyl (C=O) groups is 1. The van der Waals surface area contributed by atoms with Crippen LogP contribution in [0.1, 0.15) is 27.0 Å². The highest BCUT2D eigenvalue weighted by Crippen LogP contribution is 2.29. The van der Waals surface area contributed by atoms with Gasteiger partial charge in [0, 0.05) is 38.3 Å². The minimum atomic E-state index is -4.44. The third kappa shape index (κ3) is 6.28. The van der Waals surface area contributed by atoms with Crippen LogP contribution in [0.25, 0.3) is 0 Å². The fraction of sp³-hybridized carbons (Fsp3) is 0.381. The standard InChI is InChI=1S/C21H24F3N3O3S/c1-26-9-11-27(12-10-26)31(29,30)15-16-5-7-18(8-6-16)20(28)25-14-17-3-2-4-19(13-17)21(22,23)24/h2-8,13H,9-12,14-15H2,1H3,(H,25,28). The zero-order valence-corrected chi connectivity index (χ0v) is 17.8. The maximum atomic E-state index is 12.8. The monoisotopic (exact) mass is 455 g/mol. The Morgan fingerprint density at radius 3 is 2.26 bits per heavy atom. The molecule has 0 bridgehead atoms. The van der Waals surface area contributed by atoms with Gasteiger partial charge in [-0.2, -0.15) is 17.5 Å². The highest BCUT2D eigenvalue weighted by molar-refractivity contribution is 7.88. The Balaban J connectivity index is 1.58. The predicted molar refractivity (Wildman–Crippen MR) is 111 cm³/mol. The molecule has 0 unspecified atom stereocenters. The van der Waals surface area contributed by atoms with E-state index in [-0.39, 0.29) is 12.3 Å². The van der Waals surface area contributed by atoms with Gasteiger partial charge >= 0.3 is 6.18 Å². The molecule has 3 rings (SSSR count). The van der Waals surface area contributed by atoms with Gasteiger partial charge in [-0.25, -0.2) is 8.42 Å². The van der Waals surface area contributed by atoms with E-state index in [1.165, 1.54) is 28.6 Å². The van der Waals surface area contributed by atoms with Crippen molar-refractivity contribution in [1.29, 1.82) is 0 Å². The minimum Gasteiger partial charge on any atom is -0.348 e. The zero-order valence-electron chi connectivity index (χ0n) is 17.0. The van der Waals surface area contributed by atoms with E-state index in [0.29, 0.717) is 42.9 Å². The van der Waals surface area contributed by atoms with Gasteiger partial charge in [0.1, 0.15) is 0 Å². The summed E-state index contributed by atoms with van der Waals surface area (Å²) in [6.45, 7) is 2.22. The van der Waals surface area contributed by atoms with Crippen LogP contribution in [0.5, 0.6) is 0 Å². The van der Waals surface area contributed by atoms with Crippen LogP contribution >= 0.6 is 0 Å². The second-order valence-corrected chi connectivity index (χ2v) is 9.51. The molecule has 2 aromatic rings. The van der Waals surface area contributed by atoms with E-state index in [1.807, 2.05) is 7.05 Å². The molecule has 0 radical (unpaired) electrons. The first-order valence-electron chi connectivity index (χ1n) is 9.74. The molecule has 1 N–H and O–H groups in total. The van der Waals surface area contributed by atoms with Gasteiger partial charge in [0.15, 0.2) is 0 Å². The number of sulfonamides is 1. The molecule has 1 aliphatic rings. The van der Waals surface area contributed by atoms with Crippen molar-refractivity contribution in [3.63, 3.8) is 0 Å². The third-order valence-corrected chi connectivity index (χ3v) is 6.98. The molecule has 0 aromatic heterocycles. The van der Waals surface area contributed by atoms with Crippen LogP contribution in [0.4, 0.5) is 13.2 Å². The normalized spacial score (nSPS) is 16.3. The van der Waals surface area contributed by atoms with Crippen molar-refractivity contribution in [2.24, 2.45) is 0 Å². The second kappa shape index (κ2) is 9.37. The molecule has 0 aliphatic carbocycles. The lowest BCUT2D eigenvalue weighted by Gasteiger charge is -2.31. The van der Waals surface area contributed by atoms with Crippen LogP contribution in [-0.4, -0.2) is 56.8 Å². The molecule has 1 aliphatic heterocycles. The fourth-order valence-corrected chi connectivity index (χ4v) is 4.78. The predicted octanol–water partition coefficient (Wildman–Crippen LogP) is 2.71. The topological polar surface area (TPSA) is 69.7 Å². The Hall–Kier alpha value is -2.43. The lowest BCUT2D eigenvalue weighted by atomic mass is 10.1. The lowest BCUT2D eigenvalue weighted by Crippen LogP contribution is -2.47. The van der Waals surface area contributed by atoms with Gasteiger partial charge in [-0.15, -0.1) is 0 Å². The van der Waals surface area contributed by atoms with Crippen LogP contribution in [0.2, 0.25) is 0 Å². The van der Waals surface area contributed by atoms with Crippen LogP contribution in [0.15, 0.2) is 48.5 Å². The Labute approximate surface area is 179 Å². The Morgan fingerprint density at radius 1 is 1.00 bits per heavy atom. The summed E-state index contributed by atoms with van der Waals surface area (Å²) in [7, 11) is -1.50. The van der Waals surface area contributed by atoms with Gasteiger partial charge in [0.25, 0.3) is 5.91 Å². The van der Waals surface area contributed by atoms with E-state index in [2.05, 4.69) is 10.2 Å². The molecule has 1 saturated heterocycles. The molecule has 31 heavy (non-hydrogen) atoms. The molecule has 1 heterocycles. The number of hydrogen-bond acceptors (Lipinski definition) is 4. The van der Waals surface area contributed by atoms with Crippen molar-refractivity contribution in [3.8, 4) is 0 Å². The summed E-state index contributed by atoms with van der Waals surface area (Å²) >= 11 is 0. The molecule has 0 spiro atoms. The number of halogens is 3. The van der Waals surface area contributed by atoms with Crippen LogP contribution in [0, 0.1) is 0 Å². The molecule has 1 fully saturated rings. The number of nitrogens with zero attached hydrogens (tertiary/aromatic N) is 2. The number of alkyl halides is 3. The first-order chi connectivity index (χ1) is 14.5. The van der Waals surface area contributed by atoms with Crippen molar-refractivity contribution in [3.05, 3.63) is 70.8 Å². The largest absolute Gasteiger partial charge is 0.416 e. The van der Waals surface area contributed by atoms with E-state index in [4.69, 9.17) is 0 Å². The molecule has 10 heteroatoms. The Morgan fingerprint density at radius 2 is 1.65 bits per heavy atom. The Kier molecular flexibility index (Phi) is 7.03. The SMILES string of the molecule is CN1CCN(S(=O)(=O)Cc2ccc(C(=O)NCc3cccc(C(F)(F)F)c3)cc2)CC1. The second-order valence-electron chi connectivity index (χ2n) is 7.54. The van der Waals surface area contributed by atoms with Crippen molar-refractivity contribution in [2.45, 2.75) is 18.5 Å². The summed E-state index contributed by atoms with van der Waals surface area (Å²) in [5.74, 6) is -0.603. The van der Waals surface area contributed by atoms with Gasteiger partial charge < -0.3 is 10.2 Å². The molecular formula is C21H24F3N3O3S. The highest BCUT2D eigenvalue weighted by atomic mass is 32.2. The Bertz CT molecular complexity index is 1020. The summed E-state index contributed by atoms with van der Waals surface area (Å²) in [6.07, 6.45) is -4.44. The molecule has 2 aromatic carbocycles. The molecule has 0 saturated carbocycles. The number of rotatable bonds is 6. The summed E-state index contributed by atoms with van der Waals surface area (Å²) < 4.78 is 65.0. The summed E-state index contributed by atoms with van der Waals surface area (Å²) in [6, 6.07) is 10.9. The number of amides is 1. The summed E-state index contributed by atoms with van der Waals surface area (Å²) in [4.78, 5) is 14.4. The van der Waals surface area contributed by atoms with E-state index in [1.54, 1.807) is 12.1 Å². The number of likely N-dealkylation sites (N-methyl/N-ethyl adjacent to an activating group) is 1. The first kappa shape index (κ1) is 23.2. The van der Waals surface area contributed by atoms with Crippen molar-refractivity contribution >= 4 is 15.9 Å². The minimum absolute atomic E-state index is 0.0533. The van der Waals surface area contributed by atoms with Gasteiger partial charge in [-0.1, -0.05) is 24.3 Å². The summed E-state index contributed by atoms with van der Waals surface area (Å²) in [5, 5.41) is 2.58. The summed E-state index contributed by atoms with van der Waals surface area (Å²) in [5.41, 5.74) is 0.421.